The maximum absolute atomic E-state index is 8.88. The van der Waals surface area contributed by atoms with Gasteiger partial charge in [-0.15, -0.1) is 0 Å². The largest absolute Gasteiger partial charge is 0.494 e. The molecule has 2 nitrogen and oxygen atoms in total. The predicted molar refractivity (Wildman–Crippen MR) is 86.4 cm³/mol. The summed E-state index contributed by atoms with van der Waals surface area (Å²) in [6.07, 6.45) is 4.80. The van der Waals surface area contributed by atoms with Crippen LogP contribution in [0, 0.1) is 11.3 Å². The van der Waals surface area contributed by atoms with Crippen molar-refractivity contribution in [1.82, 2.24) is 0 Å². The molecule has 3 heteroatoms. The average Bonchev–Trinajstić information content (AvgIpc) is 2.50. The van der Waals surface area contributed by atoms with Crippen LogP contribution >= 0.6 is 15.9 Å². The van der Waals surface area contributed by atoms with Gasteiger partial charge in [-0.25, -0.2) is 0 Å². The smallest absolute Gasteiger partial charge is 0.119 e. The Morgan fingerprint density at radius 3 is 2.50 bits per heavy atom. The van der Waals surface area contributed by atoms with Crippen molar-refractivity contribution in [1.29, 1.82) is 5.26 Å². The molecule has 0 bridgehead atoms. The topological polar surface area (TPSA) is 33.0 Å². The summed E-state index contributed by atoms with van der Waals surface area (Å²) in [6.45, 7) is 0.768. The van der Waals surface area contributed by atoms with E-state index < -0.39 is 0 Å². The molecular formula is C17H18BrNO. The summed E-state index contributed by atoms with van der Waals surface area (Å²) in [5, 5.41) is 12.2. The van der Waals surface area contributed by atoms with E-state index >= 15 is 0 Å². The molecule has 2 aromatic carbocycles. The van der Waals surface area contributed by atoms with E-state index in [4.69, 9.17) is 10.00 Å². The summed E-state index contributed by atoms with van der Waals surface area (Å²) in [5.41, 5.74) is 0.693. The van der Waals surface area contributed by atoms with Gasteiger partial charge in [-0.2, -0.15) is 5.26 Å². The summed E-state index contributed by atoms with van der Waals surface area (Å²) < 4.78 is 5.77. The number of nitriles is 1. The zero-order valence-corrected chi connectivity index (χ0v) is 13.0. The first-order chi connectivity index (χ1) is 9.83. The van der Waals surface area contributed by atoms with E-state index in [1.165, 1.54) is 19.3 Å². The molecule has 20 heavy (non-hydrogen) atoms. The molecule has 0 N–H and O–H groups in total. The highest BCUT2D eigenvalue weighted by Gasteiger charge is 1.99. The van der Waals surface area contributed by atoms with Crippen LogP contribution in [0.1, 0.15) is 31.2 Å². The lowest BCUT2D eigenvalue weighted by Gasteiger charge is -2.07. The van der Waals surface area contributed by atoms with Gasteiger partial charge in [0.1, 0.15) is 5.75 Å². The van der Waals surface area contributed by atoms with Crippen molar-refractivity contribution in [3.05, 3.63) is 42.0 Å². The van der Waals surface area contributed by atoms with Crippen molar-refractivity contribution in [2.45, 2.75) is 25.7 Å². The van der Waals surface area contributed by atoms with Crippen molar-refractivity contribution in [3.63, 3.8) is 0 Å². The van der Waals surface area contributed by atoms with E-state index in [0.717, 1.165) is 34.9 Å². The number of unbranched alkanes of at least 4 members (excludes halogenated alkanes) is 3. The number of hydrogen-bond acceptors (Lipinski definition) is 2. The Balaban J connectivity index is 1.90. The van der Waals surface area contributed by atoms with Crippen molar-refractivity contribution < 1.29 is 4.74 Å². The second-order valence-electron chi connectivity index (χ2n) is 4.79. The number of ether oxygens (including phenoxy) is 1. The van der Waals surface area contributed by atoms with Crippen LogP contribution in [0.4, 0.5) is 0 Å². The highest BCUT2D eigenvalue weighted by Crippen LogP contribution is 2.22. The van der Waals surface area contributed by atoms with Gasteiger partial charge in [-0.1, -0.05) is 40.9 Å². The van der Waals surface area contributed by atoms with Crippen molar-refractivity contribution in [2.24, 2.45) is 0 Å². The van der Waals surface area contributed by atoms with Gasteiger partial charge in [-0.3, -0.25) is 0 Å². The fourth-order valence-electron chi connectivity index (χ4n) is 2.12. The van der Waals surface area contributed by atoms with Gasteiger partial charge in [-0.05, 0) is 47.9 Å². The molecule has 0 aliphatic rings. The zero-order valence-electron chi connectivity index (χ0n) is 11.4. The van der Waals surface area contributed by atoms with Gasteiger partial charge in [0, 0.05) is 5.33 Å². The van der Waals surface area contributed by atoms with Crippen molar-refractivity contribution in [3.8, 4) is 11.8 Å². The van der Waals surface area contributed by atoms with Gasteiger partial charge in [0.05, 0.1) is 18.2 Å². The van der Waals surface area contributed by atoms with Crippen LogP contribution < -0.4 is 4.74 Å². The van der Waals surface area contributed by atoms with E-state index in [1.807, 2.05) is 36.4 Å². The molecule has 2 aromatic rings. The van der Waals surface area contributed by atoms with Crippen LogP contribution in [0.3, 0.4) is 0 Å². The zero-order chi connectivity index (χ0) is 14.2. The van der Waals surface area contributed by atoms with Crippen molar-refractivity contribution >= 4 is 26.7 Å². The molecule has 2 rings (SSSR count). The van der Waals surface area contributed by atoms with Gasteiger partial charge < -0.3 is 4.74 Å². The van der Waals surface area contributed by atoms with Crippen LogP contribution in [0.5, 0.6) is 5.75 Å². The number of hydrogen-bond donors (Lipinski definition) is 0. The van der Waals surface area contributed by atoms with Gasteiger partial charge in [0.25, 0.3) is 0 Å². The Morgan fingerprint density at radius 2 is 1.70 bits per heavy atom. The molecular weight excluding hydrogens is 314 g/mol. The maximum atomic E-state index is 8.88. The Kier molecular flexibility index (Phi) is 5.88. The first-order valence-electron chi connectivity index (χ1n) is 6.96. The summed E-state index contributed by atoms with van der Waals surface area (Å²) in [6, 6.07) is 13.9. The lowest BCUT2D eigenvalue weighted by Crippen LogP contribution is -1.97. The lowest BCUT2D eigenvalue weighted by molar-refractivity contribution is 0.305. The normalized spacial score (nSPS) is 10.4. The van der Waals surface area contributed by atoms with Crippen LogP contribution in [0.2, 0.25) is 0 Å². The average molecular weight is 332 g/mol. The first-order valence-corrected chi connectivity index (χ1v) is 8.08. The van der Waals surface area contributed by atoms with Crippen LogP contribution in [0.15, 0.2) is 36.4 Å². The number of alkyl halides is 1. The molecule has 0 fully saturated rings. The summed E-state index contributed by atoms with van der Waals surface area (Å²) in [5.74, 6) is 0.905. The molecule has 0 aliphatic carbocycles. The Labute approximate surface area is 128 Å². The Bertz CT molecular complexity index is 603. The Hall–Kier alpha value is -1.53. The number of halogens is 1. The van der Waals surface area contributed by atoms with Gasteiger partial charge >= 0.3 is 0 Å². The number of rotatable bonds is 7. The minimum atomic E-state index is 0.693. The maximum Gasteiger partial charge on any atom is 0.119 e. The van der Waals surface area contributed by atoms with Gasteiger partial charge in [0.2, 0.25) is 0 Å². The summed E-state index contributed by atoms with van der Waals surface area (Å²) in [4.78, 5) is 0. The SMILES string of the molecule is N#Cc1ccc2cc(OCCCCCCBr)ccc2c1. The highest BCUT2D eigenvalue weighted by molar-refractivity contribution is 9.09. The molecule has 0 atom stereocenters. The van der Waals surface area contributed by atoms with Gasteiger partial charge in [0.15, 0.2) is 0 Å². The van der Waals surface area contributed by atoms with E-state index in [1.54, 1.807) is 0 Å². The molecule has 0 unspecified atom stereocenters. The first kappa shape index (κ1) is 14.9. The number of benzene rings is 2. The molecule has 104 valence electrons. The second kappa shape index (κ2) is 7.91. The lowest BCUT2D eigenvalue weighted by atomic mass is 10.1. The van der Waals surface area contributed by atoms with Crippen LogP contribution in [-0.2, 0) is 0 Å². The van der Waals surface area contributed by atoms with E-state index in [-0.39, 0.29) is 0 Å². The van der Waals surface area contributed by atoms with Crippen LogP contribution in [0.25, 0.3) is 10.8 Å². The fourth-order valence-corrected chi connectivity index (χ4v) is 2.52. The third-order valence-electron chi connectivity index (χ3n) is 3.24. The molecule has 0 radical (unpaired) electrons. The molecule has 0 aliphatic heterocycles. The molecule has 0 spiro atoms. The standard InChI is InChI=1S/C17H18BrNO/c18-9-3-1-2-4-10-20-17-8-7-15-11-14(13-19)5-6-16(15)12-17/h5-8,11-12H,1-4,9-10H2. The van der Waals surface area contributed by atoms with E-state index in [9.17, 15) is 0 Å². The third kappa shape index (κ3) is 4.25. The minimum absolute atomic E-state index is 0.693. The number of fused-ring (bicyclic) bond motifs is 1. The summed E-state index contributed by atoms with van der Waals surface area (Å²) >= 11 is 3.44. The predicted octanol–water partition coefficient (Wildman–Crippen LogP) is 5.05. The monoisotopic (exact) mass is 331 g/mol. The van der Waals surface area contributed by atoms with E-state index in [0.29, 0.717) is 5.56 Å². The molecule has 0 saturated heterocycles. The number of nitrogens with zero attached hydrogens (tertiary/aromatic N) is 1. The molecule has 0 saturated carbocycles. The van der Waals surface area contributed by atoms with E-state index in [2.05, 4.69) is 22.0 Å². The molecule has 0 aromatic heterocycles. The van der Waals surface area contributed by atoms with Crippen LogP contribution in [-0.4, -0.2) is 11.9 Å². The molecule has 0 amide bonds. The summed E-state index contributed by atoms with van der Waals surface area (Å²) in [7, 11) is 0. The van der Waals surface area contributed by atoms with Crippen molar-refractivity contribution in [2.75, 3.05) is 11.9 Å². The quantitative estimate of drug-likeness (QED) is 0.525. The fraction of sp³-hybridized carbons (Fsp3) is 0.353. The third-order valence-corrected chi connectivity index (χ3v) is 3.80. The Morgan fingerprint density at radius 1 is 0.950 bits per heavy atom. The minimum Gasteiger partial charge on any atom is -0.494 e. The molecule has 0 heterocycles. The highest BCUT2D eigenvalue weighted by atomic mass is 79.9. The second-order valence-corrected chi connectivity index (χ2v) is 5.58.